The Kier molecular flexibility index (Phi) is 6.71. The third-order valence-corrected chi connectivity index (χ3v) is 2.91. The molecule has 1 unspecified atom stereocenters. The van der Waals surface area contributed by atoms with Crippen molar-refractivity contribution in [3.8, 4) is 0 Å². The molecule has 80 valence electrons. The van der Waals surface area contributed by atoms with Crippen molar-refractivity contribution in [2.24, 2.45) is 0 Å². The summed E-state index contributed by atoms with van der Waals surface area (Å²) in [6.45, 7) is 1.50. The Morgan fingerprint density at radius 2 is 1.93 bits per heavy atom. The third-order valence-electron chi connectivity index (χ3n) is 2.91. The molecule has 0 aromatic heterocycles. The smallest absolute Gasteiger partial charge is 0.548 e. The predicted molar refractivity (Wildman–Crippen MR) is 49.2 cm³/mol. The summed E-state index contributed by atoms with van der Waals surface area (Å²) in [7, 11) is 0. The van der Waals surface area contributed by atoms with Gasteiger partial charge in [0.05, 0.1) is 12.0 Å². The van der Waals surface area contributed by atoms with E-state index in [2.05, 4.69) is 0 Å². The minimum atomic E-state index is -1.18. The first-order valence-electron chi connectivity index (χ1n) is 5.10. The SMILES string of the molecule is CC(C(=O)[O-])N(C=O)C1CCCCC1.[Li+]. The van der Waals surface area contributed by atoms with E-state index in [1.54, 1.807) is 0 Å². The van der Waals surface area contributed by atoms with Crippen LogP contribution in [0.4, 0.5) is 0 Å². The first kappa shape index (κ1) is 14.5. The summed E-state index contributed by atoms with van der Waals surface area (Å²) in [5, 5.41) is 10.6. The summed E-state index contributed by atoms with van der Waals surface area (Å²) in [5.41, 5.74) is 0. The number of rotatable bonds is 4. The summed E-state index contributed by atoms with van der Waals surface area (Å²) >= 11 is 0. The van der Waals surface area contributed by atoms with Gasteiger partial charge in [0.25, 0.3) is 0 Å². The Morgan fingerprint density at radius 1 is 1.40 bits per heavy atom. The van der Waals surface area contributed by atoms with Crippen molar-refractivity contribution < 1.29 is 33.6 Å². The minimum Gasteiger partial charge on any atom is -0.548 e. The Morgan fingerprint density at radius 3 is 2.33 bits per heavy atom. The zero-order chi connectivity index (χ0) is 10.6. The topological polar surface area (TPSA) is 60.4 Å². The van der Waals surface area contributed by atoms with E-state index in [1.165, 1.54) is 18.2 Å². The average molecular weight is 205 g/mol. The van der Waals surface area contributed by atoms with E-state index >= 15 is 0 Å². The van der Waals surface area contributed by atoms with Crippen LogP contribution >= 0.6 is 0 Å². The van der Waals surface area contributed by atoms with E-state index in [1.807, 2.05) is 0 Å². The molecule has 1 rings (SSSR count). The van der Waals surface area contributed by atoms with Gasteiger partial charge < -0.3 is 14.8 Å². The van der Waals surface area contributed by atoms with Gasteiger partial charge in [0.2, 0.25) is 6.41 Å². The molecule has 15 heavy (non-hydrogen) atoms. The van der Waals surface area contributed by atoms with E-state index in [-0.39, 0.29) is 24.9 Å². The molecule has 0 aliphatic heterocycles. The van der Waals surface area contributed by atoms with Crippen LogP contribution in [-0.4, -0.2) is 29.4 Å². The molecular formula is C10H16LiNO3. The van der Waals surface area contributed by atoms with Gasteiger partial charge in [-0.25, -0.2) is 0 Å². The number of carboxylic acid groups (broad SMARTS) is 1. The summed E-state index contributed by atoms with van der Waals surface area (Å²) in [5.74, 6) is -1.18. The van der Waals surface area contributed by atoms with Crippen LogP contribution in [0.25, 0.3) is 0 Å². The van der Waals surface area contributed by atoms with Crippen molar-refractivity contribution in [3.05, 3.63) is 0 Å². The van der Waals surface area contributed by atoms with Crippen molar-refractivity contribution in [2.75, 3.05) is 0 Å². The van der Waals surface area contributed by atoms with Gasteiger partial charge in [-0.3, -0.25) is 4.79 Å². The maximum Gasteiger partial charge on any atom is 1.00 e. The van der Waals surface area contributed by atoms with Crippen molar-refractivity contribution in [3.63, 3.8) is 0 Å². The van der Waals surface area contributed by atoms with Crippen molar-refractivity contribution in [2.45, 2.75) is 51.1 Å². The second kappa shape index (κ2) is 6.92. The van der Waals surface area contributed by atoms with Crippen LogP contribution in [0.5, 0.6) is 0 Å². The molecular weight excluding hydrogens is 189 g/mol. The summed E-state index contributed by atoms with van der Waals surface area (Å²) in [4.78, 5) is 22.8. The molecule has 5 heteroatoms. The second-order valence-corrected chi connectivity index (χ2v) is 3.84. The fourth-order valence-corrected chi connectivity index (χ4v) is 1.99. The van der Waals surface area contributed by atoms with Crippen LogP contribution in [0.15, 0.2) is 0 Å². The minimum absolute atomic E-state index is 0. The summed E-state index contributed by atoms with van der Waals surface area (Å²) in [6.07, 6.45) is 5.80. The summed E-state index contributed by atoms with van der Waals surface area (Å²) < 4.78 is 0. The van der Waals surface area contributed by atoms with Gasteiger partial charge in [0.1, 0.15) is 0 Å². The van der Waals surface area contributed by atoms with Gasteiger partial charge in [0.15, 0.2) is 0 Å². The van der Waals surface area contributed by atoms with E-state index in [0.717, 1.165) is 25.7 Å². The fourth-order valence-electron chi connectivity index (χ4n) is 1.99. The molecule has 0 aromatic carbocycles. The molecule has 1 saturated carbocycles. The van der Waals surface area contributed by atoms with Crippen molar-refractivity contribution in [1.82, 2.24) is 4.90 Å². The Balaban J connectivity index is 0.00000196. The number of carbonyl (C=O) groups is 2. The van der Waals surface area contributed by atoms with Gasteiger partial charge in [-0.15, -0.1) is 0 Å². The summed E-state index contributed by atoms with van der Waals surface area (Å²) in [6, 6.07) is -0.718. The molecule has 4 nitrogen and oxygen atoms in total. The number of carbonyl (C=O) groups excluding carboxylic acids is 2. The fraction of sp³-hybridized carbons (Fsp3) is 0.800. The maximum absolute atomic E-state index is 10.8. The number of hydrogen-bond acceptors (Lipinski definition) is 3. The zero-order valence-electron chi connectivity index (χ0n) is 9.44. The number of aliphatic carboxylic acids is 1. The largest absolute Gasteiger partial charge is 1.00 e. The first-order valence-corrected chi connectivity index (χ1v) is 5.10. The standard InChI is InChI=1S/C10H17NO3.Li/c1-8(10(13)14)11(7-12)9-5-3-2-4-6-9;/h7-9H,2-6H2,1H3,(H,13,14);/q;+1/p-1. The molecule has 0 heterocycles. The predicted octanol–water partition coefficient (Wildman–Crippen LogP) is -3.08. The monoisotopic (exact) mass is 205 g/mol. The van der Waals surface area contributed by atoms with Gasteiger partial charge >= 0.3 is 18.9 Å². The van der Waals surface area contributed by atoms with Crippen LogP contribution in [-0.2, 0) is 9.59 Å². The number of carboxylic acids is 1. The van der Waals surface area contributed by atoms with Crippen LogP contribution < -0.4 is 24.0 Å². The zero-order valence-corrected chi connectivity index (χ0v) is 9.44. The maximum atomic E-state index is 10.8. The molecule has 0 spiro atoms. The molecule has 0 aromatic rings. The van der Waals surface area contributed by atoms with Gasteiger partial charge in [-0.05, 0) is 19.8 Å². The molecule has 1 atom stereocenters. The Bertz CT molecular complexity index is 217. The van der Waals surface area contributed by atoms with E-state index in [0.29, 0.717) is 6.41 Å². The molecule has 0 N–H and O–H groups in total. The van der Waals surface area contributed by atoms with Gasteiger partial charge in [-0.2, -0.15) is 0 Å². The average Bonchev–Trinajstić information content (AvgIpc) is 2.20. The van der Waals surface area contributed by atoms with Crippen LogP contribution in [0.2, 0.25) is 0 Å². The van der Waals surface area contributed by atoms with E-state index < -0.39 is 12.0 Å². The van der Waals surface area contributed by atoms with E-state index in [9.17, 15) is 14.7 Å². The van der Waals surface area contributed by atoms with Crippen molar-refractivity contribution >= 4 is 12.4 Å². The Hall–Kier alpha value is -0.463. The third kappa shape index (κ3) is 3.88. The molecule has 0 saturated heterocycles. The molecule has 1 aliphatic rings. The molecule has 1 aliphatic carbocycles. The quantitative estimate of drug-likeness (QED) is 0.361. The van der Waals surface area contributed by atoms with Crippen LogP contribution in [0.1, 0.15) is 39.0 Å². The van der Waals surface area contributed by atoms with Crippen LogP contribution in [0.3, 0.4) is 0 Å². The molecule has 1 fully saturated rings. The molecule has 0 bridgehead atoms. The number of nitrogens with zero attached hydrogens (tertiary/aromatic N) is 1. The Labute approximate surface area is 102 Å². The van der Waals surface area contributed by atoms with E-state index in [4.69, 9.17) is 0 Å². The number of hydrogen-bond donors (Lipinski definition) is 0. The molecule has 0 radical (unpaired) electrons. The normalized spacial score (nSPS) is 18.7. The van der Waals surface area contributed by atoms with Crippen molar-refractivity contribution in [1.29, 1.82) is 0 Å². The van der Waals surface area contributed by atoms with Gasteiger partial charge in [-0.1, -0.05) is 19.3 Å². The second-order valence-electron chi connectivity index (χ2n) is 3.84. The number of amides is 1. The van der Waals surface area contributed by atoms with Crippen LogP contribution in [0, 0.1) is 0 Å². The first-order chi connectivity index (χ1) is 6.66. The molecule has 1 amide bonds. The van der Waals surface area contributed by atoms with Gasteiger partial charge in [0, 0.05) is 6.04 Å².